The van der Waals surface area contributed by atoms with Crippen LogP contribution in [0.15, 0.2) is 114 Å². The lowest BCUT2D eigenvalue weighted by Gasteiger charge is -2.29. The van der Waals surface area contributed by atoms with Crippen LogP contribution in [-0.2, 0) is 27.7 Å². The SMILES string of the molecule is N#Cc1ccc(C(=O)CSC2=NC(Cc3ccncc3)(Cc3ccncc3)C(=O)N2C2[C@H]3CN(S(=O)(=O)c4ccccc4)C[C@@H]23)cc1. The molecule has 7 rings (SSSR count). The van der Waals surface area contributed by atoms with Crippen LogP contribution in [0.2, 0.25) is 0 Å². The standard InChI is InChI=1S/C35H30N6O4S2/c36-20-26-6-8-27(9-7-26)31(42)23-46-34-39-35(18-24-10-14-37-15-11-24,19-25-12-16-38-17-13-25)33(43)41(34)32-29-21-40(22-30(29)32)47(44,45)28-4-2-1-3-5-28/h1-17,29-30,32H,18-19,21-23H2/t29-,30+,32?. The average molecular weight is 663 g/mol. The minimum Gasteiger partial charge on any atom is -0.293 e. The summed E-state index contributed by atoms with van der Waals surface area (Å²) < 4.78 is 28.3. The zero-order valence-electron chi connectivity index (χ0n) is 25.2. The van der Waals surface area contributed by atoms with E-state index in [1.54, 1.807) is 84.3 Å². The summed E-state index contributed by atoms with van der Waals surface area (Å²) >= 11 is 1.23. The van der Waals surface area contributed by atoms with Crippen molar-refractivity contribution in [1.29, 1.82) is 5.26 Å². The summed E-state index contributed by atoms with van der Waals surface area (Å²) in [7, 11) is -3.66. The lowest BCUT2D eigenvalue weighted by Crippen LogP contribution is -2.48. The van der Waals surface area contributed by atoms with Crippen LogP contribution in [0, 0.1) is 23.2 Å². The first-order valence-electron chi connectivity index (χ1n) is 15.2. The average Bonchev–Trinajstić information content (AvgIpc) is 3.43. The molecule has 236 valence electrons. The van der Waals surface area contributed by atoms with Gasteiger partial charge < -0.3 is 0 Å². The van der Waals surface area contributed by atoms with E-state index in [4.69, 9.17) is 10.3 Å². The van der Waals surface area contributed by atoms with Crippen molar-refractivity contribution < 1.29 is 18.0 Å². The van der Waals surface area contributed by atoms with Gasteiger partial charge in [-0.05, 0) is 59.7 Å². The van der Waals surface area contributed by atoms with Crippen molar-refractivity contribution >= 4 is 38.6 Å². The first-order valence-corrected chi connectivity index (χ1v) is 17.6. The summed E-state index contributed by atoms with van der Waals surface area (Å²) in [6, 6.07) is 24.2. The quantitative estimate of drug-likeness (QED) is 0.233. The zero-order valence-corrected chi connectivity index (χ0v) is 26.8. The number of carbonyl (C=O) groups excluding carboxylic acids is 2. The highest BCUT2D eigenvalue weighted by atomic mass is 32.2. The third kappa shape index (κ3) is 5.98. The van der Waals surface area contributed by atoms with Gasteiger partial charge in [0.05, 0.1) is 22.3 Å². The Balaban J connectivity index is 1.19. The number of amidine groups is 1. The van der Waals surface area contributed by atoms with Gasteiger partial charge in [0.15, 0.2) is 16.5 Å². The van der Waals surface area contributed by atoms with Crippen molar-refractivity contribution in [1.82, 2.24) is 19.2 Å². The molecule has 1 saturated heterocycles. The molecule has 0 N–H and O–H groups in total. The first kappa shape index (κ1) is 30.9. The van der Waals surface area contributed by atoms with Gasteiger partial charge in [0.2, 0.25) is 10.0 Å². The van der Waals surface area contributed by atoms with Gasteiger partial charge in [0.25, 0.3) is 5.91 Å². The lowest BCUT2D eigenvalue weighted by atomic mass is 9.85. The number of sulfonamides is 1. The molecular weight excluding hydrogens is 633 g/mol. The Labute approximate surface area is 277 Å². The van der Waals surface area contributed by atoms with Gasteiger partial charge in [-0.25, -0.2) is 13.4 Å². The normalized spacial score (nSPS) is 21.6. The molecule has 1 saturated carbocycles. The van der Waals surface area contributed by atoms with E-state index in [1.807, 2.05) is 24.3 Å². The number of ketones is 1. The molecule has 47 heavy (non-hydrogen) atoms. The molecule has 0 radical (unpaired) electrons. The Morgan fingerprint density at radius 1 is 0.872 bits per heavy atom. The maximum atomic E-state index is 14.8. The third-order valence-corrected chi connectivity index (χ3v) is 11.9. The van der Waals surface area contributed by atoms with E-state index in [0.717, 1.165) is 11.1 Å². The van der Waals surface area contributed by atoms with Crippen LogP contribution in [0.5, 0.6) is 0 Å². The number of amides is 1. The van der Waals surface area contributed by atoms with Gasteiger partial charge in [0.1, 0.15) is 0 Å². The van der Waals surface area contributed by atoms with E-state index in [1.165, 1.54) is 16.1 Å². The van der Waals surface area contributed by atoms with Crippen LogP contribution in [0.4, 0.5) is 0 Å². The van der Waals surface area contributed by atoms with Crippen LogP contribution < -0.4 is 0 Å². The summed E-state index contributed by atoms with van der Waals surface area (Å²) in [6.45, 7) is 0.611. The molecule has 2 aliphatic heterocycles. The Hall–Kier alpha value is -4.70. The van der Waals surface area contributed by atoms with Gasteiger partial charge in [-0.1, -0.05) is 42.1 Å². The van der Waals surface area contributed by atoms with E-state index in [2.05, 4.69) is 16.0 Å². The number of carbonyl (C=O) groups is 2. The van der Waals surface area contributed by atoms with E-state index in [9.17, 15) is 18.0 Å². The number of thioether (sulfide) groups is 1. The monoisotopic (exact) mass is 662 g/mol. The molecule has 0 bridgehead atoms. The second-order valence-electron chi connectivity index (χ2n) is 12.0. The first-order chi connectivity index (χ1) is 22.8. The number of benzene rings is 2. The molecule has 1 unspecified atom stereocenters. The molecule has 4 heterocycles. The zero-order chi connectivity index (χ0) is 32.6. The van der Waals surface area contributed by atoms with Gasteiger partial charge in [-0.2, -0.15) is 9.57 Å². The highest BCUT2D eigenvalue weighted by Gasteiger charge is 2.65. The topological polar surface area (TPSA) is 137 Å². The Morgan fingerprint density at radius 2 is 1.45 bits per heavy atom. The summed E-state index contributed by atoms with van der Waals surface area (Å²) in [6.07, 6.45) is 7.42. The number of Topliss-reactive ketones (excluding diaryl/α,β-unsaturated/α-hetero) is 1. The number of piperidine rings is 1. The minimum atomic E-state index is -3.66. The molecule has 3 aliphatic rings. The largest absolute Gasteiger partial charge is 0.293 e. The number of pyridine rings is 2. The molecule has 2 aromatic carbocycles. The fourth-order valence-corrected chi connectivity index (χ4v) is 9.20. The van der Waals surface area contributed by atoms with Crippen LogP contribution in [0.1, 0.15) is 27.0 Å². The van der Waals surface area contributed by atoms with Crippen LogP contribution >= 0.6 is 11.8 Å². The number of hydrogen-bond donors (Lipinski definition) is 0. The second kappa shape index (κ2) is 12.5. The minimum absolute atomic E-state index is 0.0462. The number of nitrogens with zero attached hydrogens (tertiary/aromatic N) is 6. The molecule has 0 spiro atoms. The Kier molecular flexibility index (Phi) is 8.21. The Morgan fingerprint density at radius 3 is 2.00 bits per heavy atom. The molecule has 1 aliphatic carbocycles. The van der Waals surface area contributed by atoms with Crippen molar-refractivity contribution in [3.8, 4) is 6.07 Å². The molecule has 3 atom stereocenters. The maximum Gasteiger partial charge on any atom is 0.257 e. The van der Waals surface area contributed by atoms with Gasteiger partial charge in [-0.3, -0.25) is 24.5 Å². The van der Waals surface area contributed by atoms with Crippen LogP contribution in [0.25, 0.3) is 0 Å². The maximum absolute atomic E-state index is 14.8. The highest BCUT2D eigenvalue weighted by Crippen LogP contribution is 2.53. The molecule has 1 amide bonds. The fraction of sp³-hybridized carbons (Fsp3) is 0.257. The lowest BCUT2D eigenvalue weighted by molar-refractivity contribution is -0.131. The molecule has 12 heteroatoms. The van der Waals surface area contributed by atoms with Crippen LogP contribution in [0.3, 0.4) is 0 Å². The highest BCUT2D eigenvalue weighted by molar-refractivity contribution is 8.14. The predicted molar refractivity (Wildman–Crippen MR) is 177 cm³/mol. The third-order valence-electron chi connectivity index (χ3n) is 9.09. The molecule has 2 aromatic heterocycles. The van der Waals surface area contributed by atoms with E-state index in [-0.39, 0.29) is 40.2 Å². The number of aliphatic imine (C=N–C) groups is 1. The number of nitriles is 1. The van der Waals surface area contributed by atoms with E-state index < -0.39 is 15.6 Å². The Bertz CT molecular complexity index is 1930. The van der Waals surface area contributed by atoms with Crippen LogP contribution in [-0.4, -0.2) is 74.9 Å². The van der Waals surface area contributed by atoms with Crippen molar-refractivity contribution in [2.75, 3.05) is 18.8 Å². The predicted octanol–water partition coefficient (Wildman–Crippen LogP) is 4.01. The number of fused-ring (bicyclic) bond motifs is 1. The summed E-state index contributed by atoms with van der Waals surface area (Å²) in [4.78, 5) is 43.5. The fourth-order valence-electron chi connectivity index (χ4n) is 6.65. The number of rotatable bonds is 10. The van der Waals surface area contributed by atoms with E-state index in [0.29, 0.717) is 42.2 Å². The van der Waals surface area contributed by atoms with Crippen molar-refractivity contribution in [2.45, 2.75) is 29.3 Å². The smallest absolute Gasteiger partial charge is 0.257 e. The molecule has 4 aromatic rings. The summed E-state index contributed by atoms with van der Waals surface area (Å²) in [5.74, 6) is -0.348. The summed E-state index contributed by atoms with van der Waals surface area (Å²) in [5, 5.41) is 9.61. The van der Waals surface area contributed by atoms with Gasteiger partial charge in [-0.15, -0.1) is 0 Å². The van der Waals surface area contributed by atoms with E-state index >= 15 is 0 Å². The molecule has 10 nitrogen and oxygen atoms in total. The number of aromatic nitrogens is 2. The summed E-state index contributed by atoms with van der Waals surface area (Å²) in [5.41, 5.74) is 1.57. The van der Waals surface area contributed by atoms with Crippen molar-refractivity contribution in [3.05, 3.63) is 126 Å². The van der Waals surface area contributed by atoms with Gasteiger partial charge in [0, 0.05) is 74.2 Å². The van der Waals surface area contributed by atoms with Crippen molar-refractivity contribution in [3.63, 3.8) is 0 Å². The number of hydrogen-bond acceptors (Lipinski definition) is 9. The molecule has 2 fully saturated rings. The van der Waals surface area contributed by atoms with Crippen molar-refractivity contribution in [2.24, 2.45) is 16.8 Å². The van der Waals surface area contributed by atoms with Gasteiger partial charge >= 0.3 is 0 Å². The second-order valence-corrected chi connectivity index (χ2v) is 14.9. The molecular formula is C35H30N6O4S2.